The molecule has 0 aliphatic rings. The maximum atomic E-state index is 11.5. The first kappa shape index (κ1) is 12.6. The van der Waals surface area contributed by atoms with E-state index in [-0.39, 0.29) is 12.5 Å². The zero-order chi connectivity index (χ0) is 12.8. The van der Waals surface area contributed by atoms with E-state index in [1.165, 1.54) is 18.6 Å². The van der Waals surface area contributed by atoms with Crippen LogP contribution in [0.3, 0.4) is 0 Å². The van der Waals surface area contributed by atoms with E-state index in [1.54, 1.807) is 23.5 Å². The Labute approximate surface area is 109 Å². The van der Waals surface area contributed by atoms with Crippen LogP contribution in [0.1, 0.15) is 16.5 Å². The number of aliphatic hydroxyl groups excluding tert-OH is 1. The lowest BCUT2D eigenvalue weighted by atomic mass is 10.2. The summed E-state index contributed by atoms with van der Waals surface area (Å²) in [5.74, 6) is -0.231. The van der Waals surface area contributed by atoms with E-state index in [0.717, 1.165) is 4.88 Å². The third kappa shape index (κ3) is 3.58. The van der Waals surface area contributed by atoms with Gasteiger partial charge in [-0.05, 0) is 23.6 Å². The lowest BCUT2D eigenvalue weighted by molar-refractivity contribution is -0.116. The van der Waals surface area contributed by atoms with Crippen molar-refractivity contribution in [2.24, 2.45) is 0 Å². The van der Waals surface area contributed by atoms with Crippen molar-refractivity contribution in [3.63, 3.8) is 0 Å². The fourth-order valence-electron chi connectivity index (χ4n) is 1.38. The van der Waals surface area contributed by atoms with Crippen molar-refractivity contribution in [1.29, 1.82) is 0 Å². The Morgan fingerprint density at radius 1 is 1.56 bits per heavy atom. The fourth-order valence-corrected chi connectivity index (χ4v) is 2.00. The summed E-state index contributed by atoms with van der Waals surface area (Å²) in [7, 11) is 0. The SMILES string of the molecule is O=C(/C=C/c1cccs1)NC[C@H](O)c1ccoc1. The summed E-state index contributed by atoms with van der Waals surface area (Å²) in [6.45, 7) is 0.160. The summed E-state index contributed by atoms with van der Waals surface area (Å²) in [5, 5.41) is 14.3. The van der Waals surface area contributed by atoms with E-state index < -0.39 is 6.10 Å². The second-order valence-electron chi connectivity index (χ2n) is 3.67. The first-order valence-corrected chi connectivity index (χ1v) is 6.33. The van der Waals surface area contributed by atoms with Gasteiger partial charge in [-0.25, -0.2) is 0 Å². The predicted octanol–water partition coefficient (Wildman–Crippen LogP) is 2.20. The first-order chi connectivity index (χ1) is 8.75. The van der Waals surface area contributed by atoms with Crippen LogP contribution in [0, 0.1) is 0 Å². The molecular weight excluding hydrogens is 250 g/mol. The molecule has 0 unspecified atom stereocenters. The first-order valence-electron chi connectivity index (χ1n) is 5.45. The lowest BCUT2D eigenvalue weighted by Crippen LogP contribution is -2.26. The van der Waals surface area contributed by atoms with Crippen LogP contribution in [0.15, 0.2) is 46.6 Å². The lowest BCUT2D eigenvalue weighted by Gasteiger charge is -2.08. The zero-order valence-corrected chi connectivity index (χ0v) is 10.4. The van der Waals surface area contributed by atoms with Gasteiger partial charge in [0.2, 0.25) is 5.91 Å². The molecule has 2 N–H and O–H groups in total. The van der Waals surface area contributed by atoms with Gasteiger partial charge in [0.15, 0.2) is 0 Å². The van der Waals surface area contributed by atoms with Crippen LogP contribution in [-0.4, -0.2) is 17.6 Å². The van der Waals surface area contributed by atoms with Crippen molar-refractivity contribution in [1.82, 2.24) is 5.32 Å². The standard InChI is InChI=1S/C13H13NO3S/c15-12(10-5-6-17-9-10)8-14-13(16)4-3-11-2-1-7-18-11/h1-7,9,12,15H,8H2,(H,14,16)/b4-3+/t12-/m0/s1. The number of nitrogens with one attached hydrogen (secondary N) is 1. The summed E-state index contributed by atoms with van der Waals surface area (Å²) in [4.78, 5) is 12.5. The number of rotatable bonds is 5. The van der Waals surface area contributed by atoms with Gasteiger partial charge in [0.1, 0.15) is 0 Å². The molecule has 1 amide bonds. The van der Waals surface area contributed by atoms with E-state index in [9.17, 15) is 9.90 Å². The molecule has 0 aromatic carbocycles. The molecule has 94 valence electrons. The summed E-state index contributed by atoms with van der Waals surface area (Å²) in [6, 6.07) is 5.51. The van der Waals surface area contributed by atoms with E-state index >= 15 is 0 Å². The molecule has 0 spiro atoms. The van der Waals surface area contributed by atoms with Crippen molar-refractivity contribution in [2.75, 3.05) is 6.54 Å². The molecule has 2 rings (SSSR count). The Kier molecular flexibility index (Phi) is 4.33. The average Bonchev–Trinajstić information content (AvgIpc) is 3.05. The molecule has 1 atom stereocenters. The van der Waals surface area contributed by atoms with Gasteiger partial charge < -0.3 is 14.8 Å². The number of thiophene rings is 1. The smallest absolute Gasteiger partial charge is 0.244 e. The van der Waals surface area contributed by atoms with Crippen LogP contribution < -0.4 is 5.32 Å². The van der Waals surface area contributed by atoms with Crippen LogP contribution in [0.4, 0.5) is 0 Å². The molecule has 0 bridgehead atoms. The molecule has 4 nitrogen and oxygen atoms in total. The Balaban J connectivity index is 1.78. The molecule has 0 saturated heterocycles. The molecule has 0 aliphatic heterocycles. The predicted molar refractivity (Wildman–Crippen MR) is 70.0 cm³/mol. The van der Waals surface area contributed by atoms with Crippen LogP contribution >= 0.6 is 11.3 Å². The second-order valence-corrected chi connectivity index (χ2v) is 4.65. The van der Waals surface area contributed by atoms with Crippen LogP contribution in [-0.2, 0) is 4.79 Å². The van der Waals surface area contributed by atoms with Crippen molar-refractivity contribution >= 4 is 23.3 Å². The Bertz CT molecular complexity index is 502. The molecule has 0 aliphatic carbocycles. The molecule has 2 aromatic rings. The summed E-state index contributed by atoms with van der Waals surface area (Å²) in [5.41, 5.74) is 0.650. The topological polar surface area (TPSA) is 62.5 Å². The molecule has 5 heteroatoms. The molecule has 2 heterocycles. The number of amides is 1. The average molecular weight is 263 g/mol. The summed E-state index contributed by atoms with van der Waals surface area (Å²) < 4.78 is 4.85. The number of hydrogen-bond donors (Lipinski definition) is 2. The maximum absolute atomic E-state index is 11.5. The Hall–Kier alpha value is -1.85. The van der Waals surface area contributed by atoms with Crippen LogP contribution in [0.25, 0.3) is 6.08 Å². The number of hydrogen-bond acceptors (Lipinski definition) is 4. The summed E-state index contributed by atoms with van der Waals surface area (Å²) >= 11 is 1.56. The van der Waals surface area contributed by atoms with E-state index in [4.69, 9.17) is 4.42 Å². The number of carbonyl (C=O) groups is 1. The molecule has 0 radical (unpaired) electrons. The van der Waals surface area contributed by atoms with Gasteiger partial charge in [0, 0.05) is 23.1 Å². The zero-order valence-electron chi connectivity index (χ0n) is 9.58. The van der Waals surface area contributed by atoms with Gasteiger partial charge >= 0.3 is 0 Å². The molecule has 0 saturated carbocycles. The minimum Gasteiger partial charge on any atom is -0.472 e. The molecule has 0 fully saturated rings. The highest BCUT2D eigenvalue weighted by atomic mass is 32.1. The quantitative estimate of drug-likeness (QED) is 0.813. The number of furan rings is 1. The number of carbonyl (C=O) groups excluding carboxylic acids is 1. The third-order valence-corrected chi connectivity index (χ3v) is 3.18. The largest absolute Gasteiger partial charge is 0.472 e. The van der Waals surface area contributed by atoms with Gasteiger partial charge in [-0.3, -0.25) is 4.79 Å². The monoisotopic (exact) mass is 263 g/mol. The highest BCUT2D eigenvalue weighted by molar-refractivity contribution is 7.10. The van der Waals surface area contributed by atoms with Gasteiger partial charge in [0.05, 0.1) is 18.6 Å². The minimum absolute atomic E-state index is 0.160. The Morgan fingerprint density at radius 3 is 3.11 bits per heavy atom. The highest BCUT2D eigenvalue weighted by Crippen LogP contribution is 2.12. The number of aliphatic hydroxyl groups is 1. The van der Waals surface area contributed by atoms with Crippen molar-refractivity contribution in [3.8, 4) is 0 Å². The van der Waals surface area contributed by atoms with E-state index in [0.29, 0.717) is 5.56 Å². The van der Waals surface area contributed by atoms with Crippen LogP contribution in [0.2, 0.25) is 0 Å². The normalized spacial score (nSPS) is 12.7. The Morgan fingerprint density at radius 2 is 2.44 bits per heavy atom. The van der Waals surface area contributed by atoms with E-state index in [2.05, 4.69) is 5.32 Å². The molecule has 2 aromatic heterocycles. The fraction of sp³-hybridized carbons (Fsp3) is 0.154. The maximum Gasteiger partial charge on any atom is 0.244 e. The van der Waals surface area contributed by atoms with Crippen molar-refractivity contribution in [3.05, 3.63) is 52.6 Å². The minimum atomic E-state index is -0.747. The van der Waals surface area contributed by atoms with E-state index in [1.807, 2.05) is 17.5 Å². The van der Waals surface area contributed by atoms with Crippen molar-refractivity contribution in [2.45, 2.75) is 6.10 Å². The molecular formula is C13H13NO3S. The van der Waals surface area contributed by atoms with Gasteiger partial charge in [0.25, 0.3) is 0 Å². The second kappa shape index (κ2) is 6.18. The third-order valence-electron chi connectivity index (χ3n) is 2.34. The van der Waals surface area contributed by atoms with Gasteiger partial charge in [-0.15, -0.1) is 11.3 Å². The van der Waals surface area contributed by atoms with Crippen LogP contribution in [0.5, 0.6) is 0 Å². The summed E-state index contributed by atoms with van der Waals surface area (Å²) in [6.07, 6.45) is 5.39. The molecule has 18 heavy (non-hydrogen) atoms. The van der Waals surface area contributed by atoms with Crippen molar-refractivity contribution < 1.29 is 14.3 Å². The van der Waals surface area contributed by atoms with Gasteiger partial charge in [-0.1, -0.05) is 6.07 Å². The highest BCUT2D eigenvalue weighted by Gasteiger charge is 2.09. The van der Waals surface area contributed by atoms with Gasteiger partial charge in [-0.2, -0.15) is 0 Å².